The number of aromatic nitrogens is 2. The quantitative estimate of drug-likeness (QED) is 0.377. The van der Waals surface area contributed by atoms with E-state index in [-0.39, 0.29) is 34.7 Å². The Balaban J connectivity index is 1.95. The number of benzene rings is 2. The Morgan fingerprint density at radius 1 is 1.19 bits per heavy atom. The van der Waals surface area contributed by atoms with Gasteiger partial charge < -0.3 is 20.9 Å². The summed E-state index contributed by atoms with van der Waals surface area (Å²) in [5.41, 5.74) is 6.09. The molecule has 1 atom stereocenters. The summed E-state index contributed by atoms with van der Waals surface area (Å²) < 4.78 is 33.1. The Bertz CT molecular complexity index is 1250. The van der Waals surface area contributed by atoms with Crippen molar-refractivity contribution in [3.8, 4) is 11.5 Å². The van der Waals surface area contributed by atoms with E-state index < -0.39 is 22.0 Å². The molecule has 170 valence electrons. The third-order valence-corrected chi connectivity index (χ3v) is 6.19. The van der Waals surface area contributed by atoms with Gasteiger partial charge in [0, 0.05) is 11.5 Å². The first-order valence-corrected chi connectivity index (χ1v) is 11.3. The fourth-order valence-corrected chi connectivity index (χ4v) is 4.31. The highest BCUT2D eigenvalue weighted by atomic mass is 32.2. The number of amides is 1. The third kappa shape index (κ3) is 5.06. The molecule has 0 saturated carbocycles. The average molecular weight is 460 g/mol. The Morgan fingerprint density at radius 2 is 1.91 bits per heavy atom. The van der Waals surface area contributed by atoms with Crippen LogP contribution in [0.4, 0.5) is 5.82 Å². The fraction of sp³-hybridized carbons (Fsp3) is 0.286. The molecule has 0 bridgehead atoms. The van der Waals surface area contributed by atoms with Gasteiger partial charge in [0.2, 0.25) is 15.9 Å². The highest BCUT2D eigenvalue weighted by Gasteiger charge is 2.23. The molecule has 0 fully saturated rings. The fourth-order valence-electron chi connectivity index (χ4n) is 3.14. The number of anilines is 1. The second-order valence-corrected chi connectivity index (χ2v) is 9.17. The Labute approximate surface area is 185 Å². The van der Waals surface area contributed by atoms with Crippen LogP contribution in [0.2, 0.25) is 0 Å². The molecule has 1 amide bonds. The van der Waals surface area contributed by atoms with Gasteiger partial charge in [0.1, 0.15) is 34.1 Å². The zero-order valence-corrected chi connectivity index (χ0v) is 18.7. The van der Waals surface area contributed by atoms with E-state index in [0.29, 0.717) is 16.7 Å². The smallest absolute Gasteiger partial charge is 0.244 e. The predicted molar refractivity (Wildman–Crippen MR) is 120 cm³/mol. The molecule has 0 aliphatic rings. The molecular formula is C21H25N5O5S. The zero-order valence-electron chi connectivity index (χ0n) is 17.9. The van der Waals surface area contributed by atoms with Crippen LogP contribution >= 0.6 is 0 Å². The van der Waals surface area contributed by atoms with Crippen LogP contribution in [0.5, 0.6) is 11.5 Å². The summed E-state index contributed by atoms with van der Waals surface area (Å²) in [7, 11) is -2.72. The highest BCUT2D eigenvalue weighted by molar-refractivity contribution is 7.89. The molecule has 2 aromatic carbocycles. The van der Waals surface area contributed by atoms with Gasteiger partial charge in [-0.3, -0.25) is 4.79 Å². The number of hydrogen-bond donors (Lipinski definition) is 4. The number of para-hydroxylation sites is 1. The van der Waals surface area contributed by atoms with Gasteiger partial charge in [0.15, 0.2) is 0 Å². The average Bonchev–Trinajstić information content (AvgIpc) is 2.75. The lowest BCUT2D eigenvalue weighted by Gasteiger charge is -2.21. The zero-order chi connectivity index (χ0) is 23.5. The molecule has 0 aliphatic carbocycles. The predicted octanol–water partition coefficient (Wildman–Crippen LogP) is 1.74. The number of phenolic OH excluding ortho intramolecular Hbond substituents is 1. The minimum atomic E-state index is -4.05. The number of nitrogens with two attached hydrogens (primary N) is 1. The summed E-state index contributed by atoms with van der Waals surface area (Å²) >= 11 is 0. The van der Waals surface area contributed by atoms with Crippen molar-refractivity contribution in [1.82, 2.24) is 14.7 Å². The van der Waals surface area contributed by atoms with E-state index in [9.17, 15) is 18.3 Å². The second-order valence-electron chi connectivity index (χ2n) is 7.43. The molecule has 0 spiro atoms. The number of fused-ring (bicyclic) bond motifs is 1. The van der Waals surface area contributed by atoms with Gasteiger partial charge in [0.05, 0.1) is 19.2 Å². The number of carbonyl (C=O) groups excluding carboxylic acids is 1. The lowest BCUT2D eigenvalue weighted by Crippen LogP contribution is -2.40. The first-order valence-electron chi connectivity index (χ1n) is 9.80. The van der Waals surface area contributed by atoms with Gasteiger partial charge in [-0.15, -0.1) is 0 Å². The molecule has 32 heavy (non-hydrogen) atoms. The molecule has 0 unspecified atom stereocenters. The Morgan fingerprint density at radius 3 is 2.56 bits per heavy atom. The van der Waals surface area contributed by atoms with Crippen LogP contribution in [-0.4, -0.2) is 42.6 Å². The number of methoxy groups -OCH3 is 1. The van der Waals surface area contributed by atoms with Crippen molar-refractivity contribution in [3.05, 3.63) is 48.3 Å². The summed E-state index contributed by atoms with van der Waals surface area (Å²) in [5.74, 6) is -0.204. The van der Waals surface area contributed by atoms with Crippen LogP contribution in [0.1, 0.15) is 19.7 Å². The molecule has 1 aromatic heterocycles. The summed E-state index contributed by atoms with van der Waals surface area (Å²) in [6.07, 6.45) is 0. The van der Waals surface area contributed by atoms with Gasteiger partial charge in [-0.25, -0.2) is 23.1 Å². The Kier molecular flexibility index (Phi) is 6.80. The van der Waals surface area contributed by atoms with E-state index in [0.717, 1.165) is 6.07 Å². The van der Waals surface area contributed by atoms with Crippen LogP contribution in [0, 0.1) is 5.92 Å². The van der Waals surface area contributed by atoms with E-state index >= 15 is 0 Å². The molecule has 0 radical (unpaired) electrons. The first-order chi connectivity index (χ1) is 15.1. The van der Waals surface area contributed by atoms with Gasteiger partial charge >= 0.3 is 0 Å². The van der Waals surface area contributed by atoms with Crippen molar-refractivity contribution < 1.29 is 23.1 Å². The number of ether oxygens (including phenoxy) is 1. The van der Waals surface area contributed by atoms with Crippen molar-refractivity contribution in [2.24, 2.45) is 11.7 Å². The number of hydrogen-bond acceptors (Lipinski definition) is 8. The van der Waals surface area contributed by atoms with Crippen molar-refractivity contribution in [1.29, 1.82) is 0 Å². The van der Waals surface area contributed by atoms with Crippen molar-refractivity contribution >= 4 is 32.7 Å². The maximum absolute atomic E-state index is 12.8. The number of nitrogens with zero attached hydrogens (tertiary/aromatic N) is 2. The molecule has 1 heterocycles. The standard InChI is InChI=1S/C21H25N5O5S/c1-12(2)19(20(22)28)26-21-14-6-4-5-7-15(14)24-18(25-21)11-23-32(29,30)17-10-13(27)8-9-16(17)31-3/h4-10,12,19,23,27H,11H2,1-3H3,(H2,22,28)(H,24,25,26)/t19-/m0/s1. The minimum Gasteiger partial charge on any atom is -0.508 e. The van der Waals surface area contributed by atoms with Crippen LogP contribution in [0.3, 0.4) is 0 Å². The molecule has 3 aromatic rings. The number of aromatic hydroxyl groups is 1. The normalized spacial score (nSPS) is 12.6. The van der Waals surface area contributed by atoms with E-state index in [1.807, 2.05) is 19.9 Å². The van der Waals surface area contributed by atoms with Crippen LogP contribution in [0.25, 0.3) is 10.9 Å². The number of nitrogens with one attached hydrogen (secondary N) is 2. The summed E-state index contributed by atoms with van der Waals surface area (Å²) in [6, 6.07) is 10.3. The summed E-state index contributed by atoms with van der Waals surface area (Å²) in [6.45, 7) is 3.47. The van der Waals surface area contributed by atoms with E-state index in [1.54, 1.807) is 18.2 Å². The summed E-state index contributed by atoms with van der Waals surface area (Å²) in [4.78, 5) is 20.5. The minimum absolute atomic E-state index is 0.0818. The molecule has 10 nitrogen and oxygen atoms in total. The van der Waals surface area contributed by atoms with E-state index in [2.05, 4.69) is 20.0 Å². The van der Waals surface area contributed by atoms with Gasteiger partial charge in [-0.05, 0) is 30.2 Å². The highest BCUT2D eigenvalue weighted by Crippen LogP contribution is 2.28. The van der Waals surface area contributed by atoms with Gasteiger partial charge in [0.25, 0.3) is 0 Å². The first kappa shape index (κ1) is 23.2. The van der Waals surface area contributed by atoms with Crippen LogP contribution in [0.15, 0.2) is 47.4 Å². The largest absolute Gasteiger partial charge is 0.508 e. The van der Waals surface area contributed by atoms with Crippen molar-refractivity contribution in [2.45, 2.75) is 31.3 Å². The molecule has 11 heteroatoms. The number of rotatable bonds is 9. The molecule has 3 rings (SSSR count). The van der Waals surface area contributed by atoms with E-state index in [4.69, 9.17) is 10.5 Å². The number of carbonyl (C=O) groups is 1. The van der Waals surface area contributed by atoms with Crippen molar-refractivity contribution in [3.63, 3.8) is 0 Å². The second kappa shape index (κ2) is 9.37. The molecule has 5 N–H and O–H groups in total. The maximum atomic E-state index is 12.8. The van der Waals surface area contributed by atoms with Crippen LogP contribution in [-0.2, 0) is 21.4 Å². The van der Waals surface area contributed by atoms with Crippen molar-refractivity contribution in [2.75, 3.05) is 12.4 Å². The summed E-state index contributed by atoms with van der Waals surface area (Å²) in [5, 5.41) is 13.4. The molecular weight excluding hydrogens is 434 g/mol. The Hall–Kier alpha value is -3.44. The number of sulfonamides is 1. The van der Waals surface area contributed by atoms with Gasteiger partial charge in [-0.1, -0.05) is 26.0 Å². The lowest BCUT2D eigenvalue weighted by atomic mass is 10.0. The molecule has 0 saturated heterocycles. The monoisotopic (exact) mass is 459 g/mol. The molecule has 0 aliphatic heterocycles. The van der Waals surface area contributed by atoms with Gasteiger partial charge in [-0.2, -0.15) is 0 Å². The number of phenols is 1. The van der Waals surface area contributed by atoms with Crippen LogP contribution < -0.4 is 20.5 Å². The van der Waals surface area contributed by atoms with E-state index in [1.165, 1.54) is 19.2 Å². The number of primary amides is 1. The lowest BCUT2D eigenvalue weighted by molar-refractivity contribution is -0.119. The third-order valence-electron chi connectivity index (χ3n) is 4.77. The maximum Gasteiger partial charge on any atom is 0.244 e. The SMILES string of the molecule is COc1ccc(O)cc1S(=O)(=O)NCc1nc(N[C@H](C(N)=O)C(C)C)c2ccccc2n1. The topological polar surface area (TPSA) is 157 Å².